The van der Waals surface area contributed by atoms with Crippen LogP contribution in [-0.2, 0) is 35.4 Å². The van der Waals surface area contributed by atoms with Crippen LogP contribution in [-0.4, -0.2) is 37.6 Å². The first-order chi connectivity index (χ1) is 14.0. The third-order valence-electron chi connectivity index (χ3n) is 5.28. The fraction of sp³-hybridized carbons (Fsp3) is 0.333. The number of halogens is 1. The molecule has 4 rings (SSSR count). The largest absolute Gasteiger partial charge is 0.480 e. The molecule has 0 spiro atoms. The van der Waals surface area contributed by atoms with Gasteiger partial charge in [-0.15, -0.1) is 0 Å². The summed E-state index contributed by atoms with van der Waals surface area (Å²) in [5.41, 5.74) is 2.55. The van der Waals surface area contributed by atoms with Crippen LogP contribution in [0.5, 0.6) is 0 Å². The molecule has 3 aromatic rings. The van der Waals surface area contributed by atoms with Crippen LogP contribution in [0, 0.1) is 5.82 Å². The average Bonchev–Trinajstić information content (AvgIpc) is 2.99. The number of carboxylic acids is 1. The van der Waals surface area contributed by atoms with Gasteiger partial charge in [0, 0.05) is 47.9 Å². The molecule has 2 heterocycles. The Morgan fingerprint density at radius 1 is 1.28 bits per heavy atom. The fourth-order valence-corrected chi connectivity index (χ4v) is 4.05. The lowest BCUT2D eigenvalue weighted by Gasteiger charge is -2.25. The molecule has 2 aromatic heterocycles. The molecule has 0 fully saturated rings. The predicted molar refractivity (Wildman–Crippen MR) is 104 cm³/mol. The van der Waals surface area contributed by atoms with Crippen molar-refractivity contribution in [3.05, 3.63) is 59.6 Å². The quantitative estimate of drug-likeness (QED) is 0.666. The lowest BCUT2D eigenvalue weighted by molar-refractivity contribution is -0.137. The van der Waals surface area contributed by atoms with Crippen molar-refractivity contribution in [2.45, 2.75) is 44.7 Å². The van der Waals surface area contributed by atoms with Gasteiger partial charge in [-0.05, 0) is 49.1 Å². The summed E-state index contributed by atoms with van der Waals surface area (Å²) in [6.07, 6.45) is 5.94. The standard InChI is InChI=1S/C21H21FN4O3/c22-13-2-4-17-15(10-13)16-11-14(3-5-18(16)26(17)12-21(28)29)25-20(27)7-6-19-23-8-1-9-24-19/h1-2,4,8-10,14H,3,5-7,11-12H2,(H,25,27)(H,28,29)/t14-/m0/s1. The van der Waals surface area contributed by atoms with Crippen LogP contribution < -0.4 is 5.32 Å². The van der Waals surface area contributed by atoms with Gasteiger partial charge < -0.3 is 15.0 Å². The second-order valence-electron chi connectivity index (χ2n) is 7.24. The Kier molecular flexibility index (Phi) is 5.24. The number of carbonyl (C=O) groups is 2. The molecule has 150 valence electrons. The van der Waals surface area contributed by atoms with E-state index in [1.165, 1.54) is 12.1 Å². The maximum absolute atomic E-state index is 13.8. The van der Waals surface area contributed by atoms with Gasteiger partial charge in [-0.3, -0.25) is 9.59 Å². The number of amides is 1. The first-order valence-electron chi connectivity index (χ1n) is 9.58. The molecule has 1 amide bonds. The molecule has 1 aliphatic rings. The van der Waals surface area contributed by atoms with Crippen LogP contribution in [0.15, 0.2) is 36.7 Å². The summed E-state index contributed by atoms with van der Waals surface area (Å²) in [5.74, 6) is -0.749. The Morgan fingerprint density at radius 2 is 2.07 bits per heavy atom. The van der Waals surface area contributed by atoms with Crippen molar-refractivity contribution in [2.24, 2.45) is 0 Å². The molecule has 0 bridgehead atoms. The number of hydrogen-bond donors (Lipinski definition) is 2. The second kappa shape index (κ2) is 7.98. The Morgan fingerprint density at radius 3 is 2.83 bits per heavy atom. The molecule has 1 aliphatic carbocycles. The number of fused-ring (bicyclic) bond motifs is 3. The van der Waals surface area contributed by atoms with Gasteiger partial charge in [-0.25, -0.2) is 14.4 Å². The van der Waals surface area contributed by atoms with E-state index in [1.807, 2.05) is 0 Å². The minimum Gasteiger partial charge on any atom is -0.480 e. The van der Waals surface area contributed by atoms with Crippen LogP contribution in [0.1, 0.15) is 29.9 Å². The predicted octanol–water partition coefficient (Wildman–Crippen LogP) is 2.26. The van der Waals surface area contributed by atoms with E-state index in [1.54, 1.807) is 29.1 Å². The van der Waals surface area contributed by atoms with Gasteiger partial charge >= 0.3 is 5.97 Å². The highest BCUT2D eigenvalue weighted by Crippen LogP contribution is 2.33. The smallest absolute Gasteiger partial charge is 0.323 e. The van der Waals surface area contributed by atoms with Crippen LogP contribution in [0.2, 0.25) is 0 Å². The van der Waals surface area contributed by atoms with Gasteiger partial charge in [-0.2, -0.15) is 0 Å². The summed E-state index contributed by atoms with van der Waals surface area (Å²) in [6, 6.07) is 6.08. The van der Waals surface area contributed by atoms with E-state index in [-0.39, 0.29) is 24.3 Å². The lowest BCUT2D eigenvalue weighted by atomic mass is 9.91. The van der Waals surface area contributed by atoms with E-state index in [0.29, 0.717) is 43.4 Å². The highest BCUT2D eigenvalue weighted by Gasteiger charge is 2.27. The molecule has 1 aromatic carbocycles. The third kappa shape index (κ3) is 4.11. The molecule has 0 saturated carbocycles. The normalized spacial score (nSPS) is 15.8. The molecule has 2 N–H and O–H groups in total. The maximum atomic E-state index is 13.8. The molecule has 1 atom stereocenters. The highest BCUT2D eigenvalue weighted by atomic mass is 19.1. The van der Waals surface area contributed by atoms with Gasteiger partial charge in [0.05, 0.1) is 0 Å². The summed E-state index contributed by atoms with van der Waals surface area (Å²) in [4.78, 5) is 31.9. The molecule has 0 aliphatic heterocycles. The van der Waals surface area contributed by atoms with E-state index in [2.05, 4.69) is 15.3 Å². The first-order valence-corrected chi connectivity index (χ1v) is 9.58. The number of nitrogens with one attached hydrogen (secondary N) is 1. The number of benzene rings is 1. The summed E-state index contributed by atoms with van der Waals surface area (Å²) >= 11 is 0. The van der Waals surface area contributed by atoms with Gasteiger partial charge in [0.25, 0.3) is 0 Å². The van der Waals surface area contributed by atoms with E-state index in [9.17, 15) is 19.1 Å². The molecule has 0 saturated heterocycles. The number of nitrogens with zero attached hydrogens (tertiary/aromatic N) is 3. The summed E-state index contributed by atoms with van der Waals surface area (Å²) in [7, 11) is 0. The zero-order chi connectivity index (χ0) is 20.4. The Hall–Kier alpha value is -3.29. The van der Waals surface area contributed by atoms with E-state index in [0.717, 1.165) is 16.6 Å². The lowest BCUT2D eigenvalue weighted by Crippen LogP contribution is -2.39. The fourth-order valence-electron chi connectivity index (χ4n) is 4.05. The number of aryl methyl sites for hydroxylation is 1. The van der Waals surface area contributed by atoms with Crippen LogP contribution in [0.25, 0.3) is 10.9 Å². The number of rotatable bonds is 6. The minimum absolute atomic E-state index is 0.0705. The molecule has 7 nitrogen and oxygen atoms in total. The third-order valence-corrected chi connectivity index (χ3v) is 5.28. The van der Waals surface area contributed by atoms with Crippen molar-refractivity contribution in [3.63, 3.8) is 0 Å². The minimum atomic E-state index is -0.937. The van der Waals surface area contributed by atoms with Gasteiger partial charge in [0.1, 0.15) is 18.2 Å². The van der Waals surface area contributed by atoms with E-state index in [4.69, 9.17) is 0 Å². The van der Waals surface area contributed by atoms with Gasteiger partial charge in [-0.1, -0.05) is 0 Å². The van der Waals surface area contributed by atoms with Crippen LogP contribution >= 0.6 is 0 Å². The molecular weight excluding hydrogens is 375 g/mol. The van der Waals surface area contributed by atoms with E-state index < -0.39 is 5.97 Å². The van der Waals surface area contributed by atoms with Crippen molar-refractivity contribution in [1.29, 1.82) is 0 Å². The number of carboxylic acid groups (broad SMARTS) is 1. The molecule has 0 unspecified atom stereocenters. The van der Waals surface area contributed by atoms with Crippen LogP contribution in [0.3, 0.4) is 0 Å². The highest BCUT2D eigenvalue weighted by molar-refractivity contribution is 5.87. The van der Waals surface area contributed by atoms with Crippen LogP contribution in [0.4, 0.5) is 4.39 Å². The van der Waals surface area contributed by atoms with Gasteiger partial charge in [0.15, 0.2) is 0 Å². The molecule has 0 radical (unpaired) electrons. The van der Waals surface area contributed by atoms with Crippen molar-refractivity contribution >= 4 is 22.8 Å². The number of aromatic nitrogens is 3. The summed E-state index contributed by atoms with van der Waals surface area (Å²) < 4.78 is 15.6. The van der Waals surface area contributed by atoms with Crippen molar-refractivity contribution in [2.75, 3.05) is 0 Å². The average molecular weight is 396 g/mol. The zero-order valence-corrected chi connectivity index (χ0v) is 15.8. The SMILES string of the molecule is O=C(O)Cn1c2c(c3cc(F)ccc31)C[C@@H](NC(=O)CCc1ncccn1)CC2. The van der Waals surface area contributed by atoms with Gasteiger partial charge in [0.2, 0.25) is 5.91 Å². The topological polar surface area (TPSA) is 97.1 Å². The second-order valence-corrected chi connectivity index (χ2v) is 7.24. The molecule has 29 heavy (non-hydrogen) atoms. The van der Waals surface area contributed by atoms with Crippen molar-refractivity contribution in [1.82, 2.24) is 19.9 Å². The number of carbonyl (C=O) groups excluding carboxylic acids is 1. The Labute approximate surface area is 166 Å². The zero-order valence-electron chi connectivity index (χ0n) is 15.8. The number of hydrogen-bond acceptors (Lipinski definition) is 4. The monoisotopic (exact) mass is 396 g/mol. The van der Waals surface area contributed by atoms with Crippen molar-refractivity contribution in [3.8, 4) is 0 Å². The maximum Gasteiger partial charge on any atom is 0.323 e. The summed E-state index contributed by atoms with van der Waals surface area (Å²) in [6.45, 7) is -0.161. The number of aliphatic carboxylic acids is 1. The molecule has 8 heteroatoms. The molecular formula is C21H21FN4O3. The Bertz CT molecular complexity index is 1060. The van der Waals surface area contributed by atoms with Crippen molar-refractivity contribution < 1.29 is 19.1 Å². The Balaban J connectivity index is 1.50. The first kappa shape index (κ1) is 19.0. The summed E-state index contributed by atoms with van der Waals surface area (Å²) in [5, 5.41) is 13.0. The van der Waals surface area contributed by atoms with E-state index >= 15 is 0 Å².